The molecule has 0 unspecified atom stereocenters. The molecule has 4 rings (SSSR count). The van der Waals surface area contributed by atoms with E-state index in [1.807, 2.05) is 11.0 Å². The van der Waals surface area contributed by atoms with Crippen LogP contribution in [0.15, 0.2) is 29.8 Å². The summed E-state index contributed by atoms with van der Waals surface area (Å²) in [5.41, 5.74) is 1.95. The van der Waals surface area contributed by atoms with Gasteiger partial charge in [0, 0.05) is 43.2 Å². The summed E-state index contributed by atoms with van der Waals surface area (Å²) in [4.78, 5) is 22.9. The Labute approximate surface area is 151 Å². The van der Waals surface area contributed by atoms with Crippen LogP contribution in [0, 0.1) is 17.2 Å². The topological polar surface area (TPSA) is 60.2 Å². The van der Waals surface area contributed by atoms with Gasteiger partial charge in [-0.2, -0.15) is 5.26 Å². The Hall–Kier alpha value is -2.39. The summed E-state index contributed by atoms with van der Waals surface area (Å²) >= 11 is 1.80. The van der Waals surface area contributed by atoms with Gasteiger partial charge in [-0.3, -0.25) is 4.79 Å². The number of carbonyl (C=O) groups is 1. The number of hydrogen-bond donors (Lipinski definition) is 0. The van der Waals surface area contributed by atoms with Crippen LogP contribution in [0.4, 0.5) is 5.82 Å². The molecule has 0 N–H and O–H groups in total. The minimum absolute atomic E-state index is 0.107. The van der Waals surface area contributed by atoms with Crippen LogP contribution in [0.25, 0.3) is 0 Å². The number of hydrogen-bond acceptors (Lipinski definition) is 5. The molecule has 0 aromatic carbocycles. The van der Waals surface area contributed by atoms with Crippen molar-refractivity contribution >= 4 is 23.1 Å². The third-order valence-corrected chi connectivity index (χ3v) is 6.19. The minimum Gasteiger partial charge on any atom is -0.357 e. The summed E-state index contributed by atoms with van der Waals surface area (Å²) in [6.07, 6.45) is 4.37. The SMILES string of the molecule is N#Cc1ccnc(N2CCC(C(=O)N3CCc4sccc4C3)CC2)c1. The van der Waals surface area contributed by atoms with Gasteiger partial charge in [-0.1, -0.05) is 0 Å². The van der Waals surface area contributed by atoms with Gasteiger partial charge in [-0.05, 0) is 48.4 Å². The van der Waals surface area contributed by atoms with Crippen molar-refractivity contribution in [2.75, 3.05) is 24.5 Å². The Morgan fingerprint density at radius 2 is 2.12 bits per heavy atom. The molecule has 0 saturated carbocycles. The van der Waals surface area contributed by atoms with Crippen molar-refractivity contribution in [2.45, 2.75) is 25.8 Å². The highest BCUT2D eigenvalue weighted by Gasteiger charge is 2.30. The quantitative estimate of drug-likeness (QED) is 0.834. The van der Waals surface area contributed by atoms with Crippen LogP contribution in [-0.4, -0.2) is 35.4 Å². The molecular weight excluding hydrogens is 332 g/mol. The van der Waals surface area contributed by atoms with E-state index in [1.54, 1.807) is 23.6 Å². The summed E-state index contributed by atoms with van der Waals surface area (Å²) < 4.78 is 0. The van der Waals surface area contributed by atoms with Gasteiger partial charge >= 0.3 is 0 Å². The van der Waals surface area contributed by atoms with E-state index >= 15 is 0 Å². The third kappa shape index (κ3) is 3.24. The average Bonchev–Trinajstić information content (AvgIpc) is 3.15. The van der Waals surface area contributed by atoms with Gasteiger partial charge in [0.05, 0.1) is 11.6 Å². The van der Waals surface area contributed by atoms with Crippen LogP contribution >= 0.6 is 11.3 Å². The van der Waals surface area contributed by atoms with Gasteiger partial charge in [0.15, 0.2) is 0 Å². The van der Waals surface area contributed by atoms with E-state index in [2.05, 4.69) is 27.4 Å². The number of anilines is 1. The molecule has 2 aliphatic rings. The van der Waals surface area contributed by atoms with Crippen LogP contribution in [-0.2, 0) is 17.8 Å². The lowest BCUT2D eigenvalue weighted by Gasteiger charge is -2.36. The maximum Gasteiger partial charge on any atom is 0.226 e. The van der Waals surface area contributed by atoms with Crippen molar-refractivity contribution in [2.24, 2.45) is 5.92 Å². The summed E-state index contributed by atoms with van der Waals surface area (Å²) in [6, 6.07) is 7.85. The Balaban J connectivity index is 1.37. The molecule has 4 heterocycles. The van der Waals surface area contributed by atoms with Gasteiger partial charge in [0.25, 0.3) is 0 Å². The summed E-state index contributed by atoms with van der Waals surface area (Å²) in [5.74, 6) is 1.25. The van der Waals surface area contributed by atoms with E-state index in [9.17, 15) is 4.79 Å². The minimum atomic E-state index is 0.107. The lowest BCUT2D eigenvalue weighted by molar-refractivity contribution is -0.137. The van der Waals surface area contributed by atoms with Gasteiger partial charge in [-0.25, -0.2) is 4.98 Å². The zero-order chi connectivity index (χ0) is 17.2. The fraction of sp³-hybridized carbons (Fsp3) is 0.421. The third-order valence-electron chi connectivity index (χ3n) is 5.16. The summed E-state index contributed by atoms with van der Waals surface area (Å²) in [6.45, 7) is 3.24. The van der Waals surface area contributed by atoms with Crippen LogP contribution in [0.5, 0.6) is 0 Å². The summed E-state index contributed by atoms with van der Waals surface area (Å²) in [5, 5.41) is 11.2. The zero-order valence-electron chi connectivity index (χ0n) is 14.0. The van der Waals surface area contributed by atoms with Crippen molar-refractivity contribution in [1.29, 1.82) is 5.26 Å². The Morgan fingerprint density at radius 3 is 2.92 bits per heavy atom. The molecule has 2 aromatic rings. The van der Waals surface area contributed by atoms with Crippen molar-refractivity contribution in [3.05, 3.63) is 45.8 Å². The number of aromatic nitrogens is 1. The van der Waals surface area contributed by atoms with E-state index < -0.39 is 0 Å². The first-order chi connectivity index (χ1) is 12.2. The lowest BCUT2D eigenvalue weighted by Crippen LogP contribution is -2.44. The molecule has 6 heteroatoms. The predicted octanol–water partition coefficient (Wildman–Crippen LogP) is 2.82. The molecule has 0 spiro atoms. The normalized spacial score (nSPS) is 17.9. The lowest BCUT2D eigenvalue weighted by atomic mass is 9.94. The highest BCUT2D eigenvalue weighted by atomic mass is 32.1. The Morgan fingerprint density at radius 1 is 1.28 bits per heavy atom. The van der Waals surface area contributed by atoms with E-state index in [4.69, 9.17) is 5.26 Å². The Bertz CT molecular complexity index is 817. The van der Waals surface area contributed by atoms with Crippen molar-refractivity contribution in [3.8, 4) is 6.07 Å². The molecule has 0 radical (unpaired) electrons. The number of fused-ring (bicyclic) bond motifs is 1. The van der Waals surface area contributed by atoms with Crippen LogP contribution in [0.1, 0.15) is 28.8 Å². The highest BCUT2D eigenvalue weighted by molar-refractivity contribution is 7.10. The number of amides is 1. The molecule has 2 aliphatic heterocycles. The van der Waals surface area contributed by atoms with Gasteiger partial charge in [-0.15, -0.1) is 11.3 Å². The highest BCUT2D eigenvalue weighted by Crippen LogP contribution is 2.28. The van der Waals surface area contributed by atoms with Gasteiger partial charge in [0.2, 0.25) is 5.91 Å². The number of piperidine rings is 1. The zero-order valence-corrected chi connectivity index (χ0v) is 14.8. The summed E-state index contributed by atoms with van der Waals surface area (Å²) in [7, 11) is 0. The molecule has 128 valence electrons. The molecule has 0 atom stereocenters. The second kappa shape index (κ2) is 6.85. The molecule has 0 aliphatic carbocycles. The molecule has 5 nitrogen and oxygen atoms in total. The number of pyridine rings is 1. The number of nitrogens with zero attached hydrogens (tertiary/aromatic N) is 4. The number of rotatable bonds is 2. The van der Waals surface area contributed by atoms with Crippen LogP contribution in [0.3, 0.4) is 0 Å². The monoisotopic (exact) mass is 352 g/mol. The predicted molar refractivity (Wildman–Crippen MR) is 97.3 cm³/mol. The molecule has 2 aromatic heterocycles. The van der Waals surface area contributed by atoms with Crippen LogP contribution in [0.2, 0.25) is 0 Å². The van der Waals surface area contributed by atoms with Crippen molar-refractivity contribution in [1.82, 2.24) is 9.88 Å². The van der Waals surface area contributed by atoms with E-state index in [-0.39, 0.29) is 5.92 Å². The average molecular weight is 352 g/mol. The van der Waals surface area contributed by atoms with Gasteiger partial charge < -0.3 is 9.80 Å². The fourth-order valence-electron chi connectivity index (χ4n) is 3.71. The van der Waals surface area contributed by atoms with Crippen molar-refractivity contribution < 1.29 is 4.79 Å². The van der Waals surface area contributed by atoms with Crippen molar-refractivity contribution in [3.63, 3.8) is 0 Å². The van der Waals surface area contributed by atoms with Gasteiger partial charge in [0.1, 0.15) is 5.82 Å². The second-order valence-corrected chi connectivity index (χ2v) is 7.66. The maximum absolute atomic E-state index is 12.9. The van der Waals surface area contributed by atoms with E-state index in [0.29, 0.717) is 11.5 Å². The standard InChI is InChI=1S/C19H20N4OS/c20-12-14-1-6-21-18(11-14)22-7-2-15(3-8-22)19(24)23-9-4-17-16(13-23)5-10-25-17/h1,5-6,10-11,15H,2-4,7-9,13H2. The number of nitriles is 1. The fourth-order valence-corrected chi connectivity index (χ4v) is 4.60. The first-order valence-electron chi connectivity index (χ1n) is 8.70. The number of thiophene rings is 1. The largest absolute Gasteiger partial charge is 0.357 e. The Kier molecular flexibility index (Phi) is 4.41. The first-order valence-corrected chi connectivity index (χ1v) is 9.57. The van der Waals surface area contributed by atoms with Crippen LogP contribution < -0.4 is 4.90 Å². The second-order valence-electron chi connectivity index (χ2n) is 6.65. The maximum atomic E-state index is 12.9. The molecule has 1 saturated heterocycles. The molecule has 1 amide bonds. The number of carbonyl (C=O) groups excluding carboxylic acids is 1. The smallest absolute Gasteiger partial charge is 0.226 e. The first kappa shape index (κ1) is 16.1. The molecular formula is C19H20N4OS. The van der Waals surface area contributed by atoms with E-state index in [0.717, 1.165) is 51.3 Å². The molecule has 1 fully saturated rings. The van der Waals surface area contributed by atoms with E-state index in [1.165, 1.54) is 10.4 Å². The molecule has 0 bridgehead atoms. The molecule has 25 heavy (non-hydrogen) atoms.